The molecule has 8 heteroatoms. The van der Waals surface area contributed by atoms with Crippen LogP contribution >= 0.6 is 0 Å². The number of rotatable bonds is 4. The van der Waals surface area contributed by atoms with Gasteiger partial charge >= 0.3 is 0 Å². The van der Waals surface area contributed by atoms with Gasteiger partial charge in [0.1, 0.15) is 17.3 Å². The van der Waals surface area contributed by atoms with Crippen LogP contribution in [0.25, 0.3) is 5.57 Å². The fourth-order valence-electron chi connectivity index (χ4n) is 3.44. The van der Waals surface area contributed by atoms with Crippen molar-refractivity contribution in [1.29, 1.82) is 0 Å². The van der Waals surface area contributed by atoms with Gasteiger partial charge < -0.3 is 19.7 Å². The van der Waals surface area contributed by atoms with Gasteiger partial charge in [-0.2, -0.15) is 0 Å². The maximum absolute atomic E-state index is 12.7. The van der Waals surface area contributed by atoms with E-state index in [1.165, 1.54) is 0 Å². The number of aryl methyl sites for hydroxylation is 1. The zero-order valence-electron chi connectivity index (χ0n) is 16.2. The van der Waals surface area contributed by atoms with Crippen LogP contribution in [-0.4, -0.2) is 48.2 Å². The zero-order chi connectivity index (χ0) is 19.7. The number of pyridine rings is 1. The zero-order valence-corrected chi connectivity index (χ0v) is 16.2. The highest BCUT2D eigenvalue weighted by Crippen LogP contribution is 2.36. The summed E-state index contributed by atoms with van der Waals surface area (Å²) in [4.78, 5) is 27.7. The number of anilines is 3. The fourth-order valence-corrected chi connectivity index (χ4v) is 3.44. The third-order valence-corrected chi connectivity index (χ3v) is 5.11. The first-order valence-electron chi connectivity index (χ1n) is 9.29. The summed E-state index contributed by atoms with van der Waals surface area (Å²) < 4.78 is 10.6. The molecule has 0 spiro atoms. The van der Waals surface area contributed by atoms with Crippen molar-refractivity contribution >= 4 is 28.9 Å². The number of nitrogens with one attached hydrogen (secondary N) is 1. The van der Waals surface area contributed by atoms with E-state index in [9.17, 15) is 4.79 Å². The van der Waals surface area contributed by atoms with Gasteiger partial charge in [-0.3, -0.25) is 4.79 Å². The summed E-state index contributed by atoms with van der Waals surface area (Å²) in [5, 5.41) is 3.14. The summed E-state index contributed by atoms with van der Waals surface area (Å²) in [7, 11) is 3.35. The number of carbonyl (C=O) groups is 1. The smallest absolute Gasteiger partial charge is 0.260 e. The Morgan fingerprint density at radius 1 is 1.32 bits per heavy atom. The molecule has 1 amide bonds. The molecule has 2 aromatic rings. The van der Waals surface area contributed by atoms with Gasteiger partial charge in [-0.25, -0.2) is 15.0 Å². The first-order chi connectivity index (χ1) is 13.6. The number of hydrogen-bond acceptors (Lipinski definition) is 7. The minimum atomic E-state index is -0.0494. The highest BCUT2D eigenvalue weighted by atomic mass is 16.5. The second kappa shape index (κ2) is 7.55. The Morgan fingerprint density at radius 3 is 2.82 bits per heavy atom. The van der Waals surface area contributed by atoms with Gasteiger partial charge in [0.15, 0.2) is 0 Å². The molecule has 2 aliphatic rings. The summed E-state index contributed by atoms with van der Waals surface area (Å²) >= 11 is 0. The number of hydrogen-bond donors (Lipinski definition) is 1. The molecule has 0 radical (unpaired) electrons. The first kappa shape index (κ1) is 18.4. The van der Waals surface area contributed by atoms with Crippen LogP contribution in [0.3, 0.4) is 0 Å². The summed E-state index contributed by atoms with van der Waals surface area (Å²) in [5.74, 6) is 2.01. The number of likely N-dealkylation sites (N-methyl/N-ethyl adjacent to an activating group) is 1. The second-order valence-corrected chi connectivity index (χ2v) is 6.99. The van der Waals surface area contributed by atoms with Crippen molar-refractivity contribution in [3.63, 3.8) is 0 Å². The predicted molar refractivity (Wildman–Crippen MR) is 108 cm³/mol. The van der Waals surface area contributed by atoms with Gasteiger partial charge in [0.2, 0.25) is 5.95 Å². The molecule has 1 N–H and O–H groups in total. The number of nitrogens with zero attached hydrogens (tertiary/aromatic N) is 4. The Bertz CT molecular complexity index is 944. The second-order valence-electron chi connectivity index (χ2n) is 6.99. The minimum absolute atomic E-state index is 0. The number of fused-ring (bicyclic) bond motifs is 1. The summed E-state index contributed by atoms with van der Waals surface area (Å²) in [6.45, 7) is 3.38. The standard InChI is InChI=1S/C20H23N5O3.H2/c1-12-8-14(27-3)10-21-18(12)24-20-22-11-16-17(23-20)15(19(26)25(16)2)9-13-4-6-28-7-5-13;/h8-11,13H,4-7H2,1-3H3,(H,21,22,23,24);1H/b15-9+;. The quantitative estimate of drug-likeness (QED) is 0.812. The van der Waals surface area contributed by atoms with E-state index < -0.39 is 0 Å². The average molecular weight is 383 g/mol. The van der Waals surface area contributed by atoms with Crippen LogP contribution in [0.4, 0.5) is 17.5 Å². The Morgan fingerprint density at radius 2 is 2.11 bits per heavy atom. The lowest BCUT2D eigenvalue weighted by Crippen LogP contribution is -2.21. The van der Waals surface area contributed by atoms with E-state index in [4.69, 9.17) is 9.47 Å². The average Bonchev–Trinajstić information content (AvgIpc) is 2.95. The van der Waals surface area contributed by atoms with Crippen molar-refractivity contribution in [2.75, 3.05) is 37.6 Å². The number of amides is 1. The monoisotopic (exact) mass is 383 g/mol. The topological polar surface area (TPSA) is 89.5 Å². The van der Waals surface area contributed by atoms with E-state index in [0.717, 1.165) is 31.6 Å². The molecular weight excluding hydrogens is 358 g/mol. The van der Waals surface area contributed by atoms with E-state index in [1.54, 1.807) is 31.5 Å². The fraction of sp³-hybridized carbons (Fsp3) is 0.400. The van der Waals surface area contributed by atoms with Crippen LogP contribution in [0.15, 0.2) is 24.5 Å². The van der Waals surface area contributed by atoms with Gasteiger partial charge in [0, 0.05) is 21.7 Å². The molecule has 0 aliphatic carbocycles. The lowest BCUT2D eigenvalue weighted by molar-refractivity contribution is -0.112. The molecular formula is C20H25N5O3. The normalized spacial score (nSPS) is 18.5. The summed E-state index contributed by atoms with van der Waals surface area (Å²) in [6, 6.07) is 1.89. The van der Waals surface area contributed by atoms with Crippen LogP contribution in [0.2, 0.25) is 0 Å². The van der Waals surface area contributed by atoms with E-state index >= 15 is 0 Å². The molecule has 28 heavy (non-hydrogen) atoms. The third-order valence-electron chi connectivity index (χ3n) is 5.11. The Balaban J connectivity index is 0.00000240. The number of ether oxygens (including phenoxy) is 2. The Hall–Kier alpha value is -3.00. The molecule has 148 valence electrons. The van der Waals surface area contributed by atoms with Gasteiger partial charge in [0.05, 0.1) is 30.8 Å². The lowest BCUT2D eigenvalue weighted by atomic mass is 9.96. The van der Waals surface area contributed by atoms with Crippen molar-refractivity contribution in [2.24, 2.45) is 5.92 Å². The van der Waals surface area contributed by atoms with Crippen molar-refractivity contribution < 1.29 is 15.7 Å². The SMILES string of the molecule is COc1cnc(Nc2ncc3c(n2)/C(=C\C2CCOCC2)C(=O)N3C)c(C)c1.[HH]. The molecule has 8 nitrogen and oxygen atoms in total. The molecule has 1 saturated heterocycles. The van der Waals surface area contributed by atoms with Crippen LogP contribution < -0.4 is 15.0 Å². The highest BCUT2D eigenvalue weighted by molar-refractivity contribution is 6.31. The third kappa shape index (κ3) is 3.43. The van der Waals surface area contributed by atoms with Crippen molar-refractivity contribution in [3.05, 3.63) is 35.8 Å². The largest absolute Gasteiger partial charge is 0.495 e. The number of aromatic nitrogens is 3. The molecule has 2 aliphatic heterocycles. The maximum atomic E-state index is 12.7. The Kier molecular flexibility index (Phi) is 4.95. The number of carbonyl (C=O) groups excluding carboxylic acids is 1. The molecule has 4 heterocycles. The highest BCUT2D eigenvalue weighted by Gasteiger charge is 2.33. The maximum Gasteiger partial charge on any atom is 0.260 e. The van der Waals surface area contributed by atoms with E-state index in [1.807, 2.05) is 19.1 Å². The number of allylic oxidation sites excluding steroid dienone is 1. The lowest BCUT2D eigenvalue weighted by Gasteiger charge is -2.19. The van der Waals surface area contributed by atoms with Crippen LogP contribution in [0, 0.1) is 12.8 Å². The van der Waals surface area contributed by atoms with Crippen LogP contribution in [0.5, 0.6) is 5.75 Å². The summed E-state index contributed by atoms with van der Waals surface area (Å²) in [5.41, 5.74) is 2.92. The van der Waals surface area contributed by atoms with Gasteiger partial charge in [0.25, 0.3) is 5.91 Å². The molecule has 4 rings (SSSR count). The molecule has 0 aromatic carbocycles. The van der Waals surface area contributed by atoms with Crippen molar-refractivity contribution in [1.82, 2.24) is 15.0 Å². The molecule has 0 bridgehead atoms. The van der Waals surface area contributed by atoms with Crippen molar-refractivity contribution in [3.8, 4) is 5.75 Å². The van der Waals surface area contributed by atoms with Crippen LogP contribution in [-0.2, 0) is 9.53 Å². The number of methoxy groups -OCH3 is 1. The van der Waals surface area contributed by atoms with E-state index in [0.29, 0.717) is 40.4 Å². The predicted octanol–water partition coefficient (Wildman–Crippen LogP) is 2.96. The van der Waals surface area contributed by atoms with Gasteiger partial charge in [-0.1, -0.05) is 6.08 Å². The van der Waals surface area contributed by atoms with Crippen molar-refractivity contribution in [2.45, 2.75) is 19.8 Å². The molecule has 0 saturated carbocycles. The molecule has 0 atom stereocenters. The van der Waals surface area contributed by atoms with E-state index in [2.05, 4.69) is 20.3 Å². The van der Waals surface area contributed by atoms with E-state index in [-0.39, 0.29) is 7.33 Å². The first-order valence-corrected chi connectivity index (χ1v) is 9.29. The van der Waals surface area contributed by atoms with Crippen LogP contribution in [0.1, 0.15) is 25.5 Å². The summed E-state index contributed by atoms with van der Waals surface area (Å²) in [6.07, 6.45) is 7.19. The molecule has 0 unspecified atom stereocenters. The molecule has 2 aromatic heterocycles. The van der Waals surface area contributed by atoms with Gasteiger partial charge in [-0.15, -0.1) is 0 Å². The Labute approximate surface area is 165 Å². The minimum Gasteiger partial charge on any atom is -0.495 e. The molecule has 1 fully saturated rings. The van der Waals surface area contributed by atoms with Gasteiger partial charge in [-0.05, 0) is 37.3 Å².